The Kier molecular flexibility index (Phi) is 4.45. The average molecular weight is 336 g/mol. The molecule has 0 radical (unpaired) electrons. The second-order valence-electron chi connectivity index (χ2n) is 6.36. The molecule has 0 N–H and O–H groups in total. The monoisotopic (exact) mass is 336 g/mol. The van der Waals surface area contributed by atoms with Crippen molar-refractivity contribution in [3.63, 3.8) is 0 Å². The molecule has 25 heavy (non-hydrogen) atoms. The minimum absolute atomic E-state index is 0.338. The smallest absolute Gasteiger partial charge is 0.338 e. The molecule has 0 aromatic heterocycles. The van der Waals surface area contributed by atoms with Gasteiger partial charge in [0, 0.05) is 34.4 Å². The molecule has 0 atom stereocenters. The molecule has 128 valence electrons. The van der Waals surface area contributed by atoms with Crippen molar-refractivity contribution < 1.29 is 19.1 Å². The van der Waals surface area contributed by atoms with E-state index < -0.39 is 5.97 Å². The first-order chi connectivity index (χ1) is 11.9. The van der Waals surface area contributed by atoms with Crippen LogP contribution in [0.1, 0.15) is 31.9 Å². The van der Waals surface area contributed by atoms with Crippen molar-refractivity contribution in [3.05, 3.63) is 59.2 Å². The van der Waals surface area contributed by atoms with Gasteiger partial charge in [-0.25, -0.2) is 4.79 Å². The topological polar surface area (TPSA) is 52.6 Å². The van der Waals surface area contributed by atoms with Crippen LogP contribution in [0.3, 0.4) is 0 Å². The molecule has 1 aliphatic carbocycles. The average Bonchev–Trinajstić information content (AvgIpc) is 2.57. The Morgan fingerprint density at radius 3 is 2.16 bits per heavy atom. The van der Waals surface area contributed by atoms with Crippen LogP contribution in [0.2, 0.25) is 0 Å². The van der Waals surface area contributed by atoms with Gasteiger partial charge in [0.25, 0.3) is 0 Å². The fourth-order valence-electron chi connectivity index (χ4n) is 3.07. The van der Waals surface area contributed by atoms with Gasteiger partial charge >= 0.3 is 11.9 Å². The minimum atomic E-state index is -0.459. The van der Waals surface area contributed by atoms with E-state index in [-0.39, 0.29) is 5.97 Å². The highest BCUT2D eigenvalue weighted by Crippen LogP contribution is 2.44. The number of esters is 2. The summed E-state index contributed by atoms with van der Waals surface area (Å²) in [6.45, 7) is 8.71. The van der Waals surface area contributed by atoms with E-state index in [4.69, 9.17) is 9.47 Å². The first-order valence-corrected chi connectivity index (χ1v) is 8.16. The summed E-state index contributed by atoms with van der Waals surface area (Å²) in [6, 6.07) is 7.49. The highest BCUT2D eigenvalue weighted by molar-refractivity contribution is 6.00. The lowest BCUT2D eigenvalue weighted by Crippen LogP contribution is -2.15. The molecule has 2 aromatic rings. The number of hydrogen-bond donors (Lipinski definition) is 0. The SMILES string of the molecule is C=C(C)C(=O)Oc1c2c(c(OC(C)=O)c3ccccc13)CC=C(C)C2. The molecular weight excluding hydrogens is 316 g/mol. The number of hydrogen-bond acceptors (Lipinski definition) is 4. The Bertz CT molecular complexity index is 935. The predicted molar refractivity (Wildman–Crippen MR) is 96.9 cm³/mol. The first-order valence-electron chi connectivity index (χ1n) is 8.16. The van der Waals surface area contributed by atoms with Gasteiger partial charge in [-0.1, -0.05) is 42.5 Å². The number of rotatable bonds is 3. The van der Waals surface area contributed by atoms with Crippen LogP contribution in [0.15, 0.2) is 48.1 Å². The van der Waals surface area contributed by atoms with Gasteiger partial charge in [-0.15, -0.1) is 0 Å². The molecule has 0 fully saturated rings. The van der Waals surface area contributed by atoms with E-state index in [9.17, 15) is 9.59 Å². The minimum Gasteiger partial charge on any atom is -0.426 e. The van der Waals surface area contributed by atoms with Crippen LogP contribution in [0, 0.1) is 0 Å². The van der Waals surface area contributed by atoms with E-state index in [2.05, 4.69) is 12.7 Å². The summed E-state index contributed by atoms with van der Waals surface area (Å²) in [4.78, 5) is 23.8. The highest BCUT2D eigenvalue weighted by atomic mass is 16.5. The summed E-state index contributed by atoms with van der Waals surface area (Å²) in [5.74, 6) is 0.254. The van der Waals surface area contributed by atoms with Gasteiger partial charge in [-0.2, -0.15) is 0 Å². The molecule has 3 rings (SSSR count). The van der Waals surface area contributed by atoms with Gasteiger partial charge in [0.15, 0.2) is 0 Å². The fraction of sp³-hybridized carbons (Fsp3) is 0.238. The summed E-state index contributed by atoms with van der Waals surface area (Å²) in [5.41, 5.74) is 3.31. The summed E-state index contributed by atoms with van der Waals surface area (Å²) < 4.78 is 11.2. The summed E-state index contributed by atoms with van der Waals surface area (Å²) in [5, 5.41) is 1.51. The van der Waals surface area contributed by atoms with Crippen molar-refractivity contribution in [1.29, 1.82) is 0 Å². The Balaban J connectivity index is 2.31. The standard InChI is InChI=1S/C21H20O4/c1-12(2)21(23)25-20-16-8-6-5-7-15(16)19(24-14(4)22)17-10-9-13(3)11-18(17)20/h5-9H,1,10-11H2,2-4H3. The molecule has 0 bridgehead atoms. The molecule has 2 aromatic carbocycles. The summed E-state index contributed by atoms with van der Waals surface area (Å²) in [7, 11) is 0. The van der Waals surface area contributed by atoms with E-state index in [1.807, 2.05) is 31.2 Å². The zero-order valence-corrected chi connectivity index (χ0v) is 14.6. The maximum atomic E-state index is 12.2. The van der Waals surface area contributed by atoms with Crippen LogP contribution in [0.4, 0.5) is 0 Å². The third-order valence-electron chi connectivity index (χ3n) is 4.23. The molecule has 0 aliphatic heterocycles. The molecule has 0 amide bonds. The maximum absolute atomic E-state index is 12.2. The second kappa shape index (κ2) is 6.55. The summed E-state index contributed by atoms with van der Waals surface area (Å²) in [6.07, 6.45) is 3.38. The molecule has 0 heterocycles. The molecular formula is C21H20O4. The first kappa shape index (κ1) is 17.0. The molecule has 4 nitrogen and oxygen atoms in total. The van der Waals surface area contributed by atoms with E-state index in [0.29, 0.717) is 29.9 Å². The third-order valence-corrected chi connectivity index (χ3v) is 4.23. The summed E-state index contributed by atoms with van der Waals surface area (Å²) >= 11 is 0. The second-order valence-corrected chi connectivity index (χ2v) is 6.36. The van der Waals surface area contributed by atoms with Crippen molar-refractivity contribution in [2.45, 2.75) is 33.6 Å². The van der Waals surface area contributed by atoms with Crippen molar-refractivity contribution >= 4 is 22.7 Å². The molecule has 0 spiro atoms. The van der Waals surface area contributed by atoms with Crippen LogP contribution in [0.25, 0.3) is 10.8 Å². The van der Waals surface area contributed by atoms with Gasteiger partial charge in [0.05, 0.1) is 0 Å². The fourth-order valence-corrected chi connectivity index (χ4v) is 3.07. The van der Waals surface area contributed by atoms with Gasteiger partial charge in [0.2, 0.25) is 0 Å². The third kappa shape index (κ3) is 3.20. The molecule has 4 heteroatoms. The Hall–Kier alpha value is -2.88. The largest absolute Gasteiger partial charge is 0.426 e. The maximum Gasteiger partial charge on any atom is 0.338 e. The van der Waals surface area contributed by atoms with E-state index in [1.54, 1.807) is 6.92 Å². The van der Waals surface area contributed by atoms with Crippen molar-refractivity contribution in [3.8, 4) is 11.5 Å². The highest BCUT2D eigenvalue weighted by Gasteiger charge is 2.25. The Labute approximate surface area is 146 Å². The Morgan fingerprint density at radius 1 is 1.00 bits per heavy atom. The van der Waals surface area contributed by atoms with Gasteiger partial charge < -0.3 is 9.47 Å². The zero-order chi connectivity index (χ0) is 18.1. The molecule has 1 aliphatic rings. The van der Waals surface area contributed by atoms with Gasteiger partial charge in [-0.05, 0) is 26.7 Å². The number of allylic oxidation sites excluding steroid dienone is 2. The van der Waals surface area contributed by atoms with Crippen LogP contribution in [0.5, 0.6) is 11.5 Å². The lowest BCUT2D eigenvalue weighted by Gasteiger charge is -2.23. The van der Waals surface area contributed by atoms with Crippen molar-refractivity contribution in [2.24, 2.45) is 0 Å². The van der Waals surface area contributed by atoms with Crippen LogP contribution in [-0.4, -0.2) is 11.9 Å². The van der Waals surface area contributed by atoms with Crippen molar-refractivity contribution in [1.82, 2.24) is 0 Å². The number of ether oxygens (including phenoxy) is 2. The number of carbonyl (C=O) groups is 2. The lowest BCUT2D eigenvalue weighted by molar-refractivity contribution is -0.132. The van der Waals surface area contributed by atoms with Crippen LogP contribution >= 0.6 is 0 Å². The number of carbonyl (C=O) groups excluding carboxylic acids is 2. The van der Waals surface area contributed by atoms with Gasteiger partial charge in [-0.3, -0.25) is 4.79 Å². The van der Waals surface area contributed by atoms with E-state index >= 15 is 0 Å². The molecule has 0 saturated carbocycles. The molecule has 0 unspecified atom stereocenters. The normalized spacial score (nSPS) is 13.0. The van der Waals surface area contributed by atoms with Crippen LogP contribution < -0.4 is 9.47 Å². The van der Waals surface area contributed by atoms with Gasteiger partial charge in [0.1, 0.15) is 11.5 Å². The van der Waals surface area contributed by atoms with Crippen LogP contribution in [-0.2, 0) is 22.4 Å². The zero-order valence-electron chi connectivity index (χ0n) is 14.6. The van der Waals surface area contributed by atoms with E-state index in [1.165, 1.54) is 12.5 Å². The number of benzene rings is 2. The quantitative estimate of drug-likeness (QED) is 0.363. The van der Waals surface area contributed by atoms with E-state index in [0.717, 1.165) is 21.9 Å². The predicted octanol–water partition coefficient (Wildman–Crippen LogP) is 4.29. The lowest BCUT2D eigenvalue weighted by atomic mass is 9.87. The molecule has 0 saturated heterocycles. The Morgan fingerprint density at radius 2 is 1.60 bits per heavy atom. The number of fused-ring (bicyclic) bond motifs is 2. The van der Waals surface area contributed by atoms with Crippen molar-refractivity contribution in [2.75, 3.05) is 0 Å².